The lowest BCUT2D eigenvalue weighted by atomic mass is 9.47. The monoisotopic (exact) mass is 569 g/mol. The Bertz CT molecular complexity index is 1250. The molecule has 1 saturated carbocycles. The van der Waals surface area contributed by atoms with E-state index in [-0.39, 0.29) is 41.1 Å². The first-order chi connectivity index (χ1) is 18.9. The van der Waals surface area contributed by atoms with E-state index in [0.29, 0.717) is 56.3 Å². The lowest BCUT2D eigenvalue weighted by Crippen LogP contribution is -2.58. The van der Waals surface area contributed by atoms with E-state index in [0.717, 1.165) is 22.6 Å². The number of amides is 2. The highest BCUT2D eigenvalue weighted by Crippen LogP contribution is 2.63. The van der Waals surface area contributed by atoms with E-state index < -0.39 is 11.5 Å². The molecular formula is C31H43N3O5S. The number of hydrogen-bond acceptors (Lipinski definition) is 7. The van der Waals surface area contributed by atoms with Gasteiger partial charge in [0.15, 0.2) is 5.13 Å². The normalized spacial score (nSPS) is 30.4. The summed E-state index contributed by atoms with van der Waals surface area (Å²) in [6.45, 7) is 12.7. The van der Waals surface area contributed by atoms with Crippen LogP contribution in [0.5, 0.6) is 0 Å². The molecule has 1 aromatic carbocycles. The molecule has 5 rings (SSSR count). The van der Waals surface area contributed by atoms with E-state index in [2.05, 4.69) is 33.0 Å². The Balaban J connectivity index is 1.46. The van der Waals surface area contributed by atoms with E-state index in [1.807, 2.05) is 36.1 Å². The number of fused-ring (bicyclic) bond motifs is 2. The predicted octanol–water partition coefficient (Wildman–Crippen LogP) is 4.36. The largest absolute Gasteiger partial charge is 0.396 e. The number of thiazole rings is 1. The summed E-state index contributed by atoms with van der Waals surface area (Å²) < 4.78 is 5.45. The number of carbonyl (C=O) groups is 2. The maximum Gasteiger partial charge on any atom is 0.257 e. The Hall–Kier alpha value is -2.33. The number of morpholine rings is 1. The summed E-state index contributed by atoms with van der Waals surface area (Å²) in [6, 6.07) is 7.66. The molecule has 0 unspecified atom stereocenters. The number of aliphatic hydroxyl groups is 2. The Labute approximate surface area is 241 Å². The summed E-state index contributed by atoms with van der Waals surface area (Å²) in [7, 11) is 0. The zero-order valence-electron chi connectivity index (χ0n) is 24.3. The molecule has 0 radical (unpaired) electrons. The molecule has 3 N–H and O–H groups in total. The summed E-state index contributed by atoms with van der Waals surface area (Å²) in [6.07, 6.45) is 1.66. The van der Waals surface area contributed by atoms with Gasteiger partial charge >= 0.3 is 0 Å². The molecule has 1 aromatic heterocycles. The van der Waals surface area contributed by atoms with Crippen LogP contribution >= 0.6 is 11.3 Å². The van der Waals surface area contributed by atoms with Gasteiger partial charge in [-0.15, -0.1) is 11.3 Å². The van der Waals surface area contributed by atoms with Crippen molar-refractivity contribution in [3.8, 4) is 0 Å². The Morgan fingerprint density at radius 1 is 1.18 bits per heavy atom. The maximum atomic E-state index is 13.5. The van der Waals surface area contributed by atoms with Crippen molar-refractivity contribution in [1.29, 1.82) is 0 Å². The molecule has 0 spiro atoms. The first-order valence-electron chi connectivity index (χ1n) is 14.4. The van der Waals surface area contributed by atoms with Crippen molar-refractivity contribution in [2.75, 3.05) is 38.2 Å². The minimum absolute atomic E-state index is 0.000567. The van der Waals surface area contributed by atoms with Crippen LogP contribution in [-0.4, -0.2) is 70.9 Å². The van der Waals surface area contributed by atoms with Gasteiger partial charge in [0.05, 0.1) is 31.6 Å². The highest BCUT2D eigenvalue weighted by atomic mass is 32.1. The number of hydrogen-bond donors (Lipinski definition) is 3. The molecule has 1 saturated heterocycles. The van der Waals surface area contributed by atoms with Gasteiger partial charge < -0.3 is 19.8 Å². The third kappa shape index (κ3) is 5.22. The van der Waals surface area contributed by atoms with Gasteiger partial charge in [-0.3, -0.25) is 14.9 Å². The minimum atomic E-state index is -0.687. The van der Waals surface area contributed by atoms with Crippen LogP contribution in [0.15, 0.2) is 24.3 Å². The van der Waals surface area contributed by atoms with E-state index in [9.17, 15) is 19.8 Å². The van der Waals surface area contributed by atoms with Gasteiger partial charge in [0.1, 0.15) is 0 Å². The minimum Gasteiger partial charge on any atom is -0.396 e. The molecule has 218 valence electrons. The van der Waals surface area contributed by atoms with Gasteiger partial charge in [0.25, 0.3) is 5.91 Å². The molecule has 9 heteroatoms. The molecule has 40 heavy (non-hydrogen) atoms. The number of nitrogens with zero attached hydrogens (tertiary/aromatic N) is 2. The fourth-order valence-electron chi connectivity index (χ4n) is 7.11. The number of rotatable bonds is 5. The van der Waals surface area contributed by atoms with Crippen molar-refractivity contribution in [2.24, 2.45) is 16.7 Å². The summed E-state index contributed by atoms with van der Waals surface area (Å²) in [5, 5.41) is 25.0. The third-order valence-corrected chi connectivity index (χ3v) is 10.9. The van der Waals surface area contributed by atoms with Crippen LogP contribution in [0, 0.1) is 16.7 Å². The van der Waals surface area contributed by atoms with Gasteiger partial charge in [0, 0.05) is 41.3 Å². The molecule has 8 nitrogen and oxygen atoms in total. The quantitative estimate of drug-likeness (QED) is 0.494. The Kier molecular flexibility index (Phi) is 7.89. The first kappa shape index (κ1) is 29.2. The lowest BCUT2D eigenvalue weighted by molar-refractivity contribution is -0.149. The van der Waals surface area contributed by atoms with Crippen LogP contribution in [0.4, 0.5) is 5.13 Å². The average Bonchev–Trinajstić information content (AvgIpc) is 3.34. The van der Waals surface area contributed by atoms with Gasteiger partial charge in [0.2, 0.25) is 5.91 Å². The molecule has 5 atom stereocenters. The molecule has 2 aromatic rings. The molecule has 2 amide bonds. The summed E-state index contributed by atoms with van der Waals surface area (Å²) >= 11 is 1.45. The zero-order valence-corrected chi connectivity index (χ0v) is 25.1. The SMILES string of the molecule is CC(C)(C)c1ccc(C(=O)Nc2nc3c(s2)C[C@@H]2[C@](C)(CO)[C@H](O)CC[C@@]2(C)[C@@H]3CC(=O)N2CCOCC2)cc1. The van der Waals surface area contributed by atoms with Gasteiger partial charge in [-0.1, -0.05) is 46.8 Å². The second-order valence-corrected chi connectivity index (χ2v) is 14.4. The number of anilines is 1. The number of carbonyl (C=O) groups excluding carboxylic acids is 2. The van der Waals surface area contributed by atoms with E-state index in [1.165, 1.54) is 11.3 Å². The van der Waals surface area contributed by atoms with Crippen molar-refractivity contribution in [3.05, 3.63) is 46.0 Å². The van der Waals surface area contributed by atoms with Crippen molar-refractivity contribution < 1.29 is 24.5 Å². The van der Waals surface area contributed by atoms with Crippen molar-refractivity contribution in [1.82, 2.24) is 9.88 Å². The van der Waals surface area contributed by atoms with Crippen LogP contribution in [0.25, 0.3) is 0 Å². The topological polar surface area (TPSA) is 112 Å². The van der Waals surface area contributed by atoms with E-state index in [4.69, 9.17) is 9.72 Å². The zero-order chi connectivity index (χ0) is 28.9. The standard InChI is InChI=1S/C31H43N3O5S/c1-29(2,3)20-8-6-19(7-9-20)27(38)33-28-32-26-21(16-25(37)34-12-14-39-15-13-34)30(4)11-10-24(36)31(5,18-35)23(30)17-22(26)40-28/h6-9,21,23-24,35-36H,10-18H2,1-5H3,(H,32,33,38)/t21-,23+,24-,30+,31+/m1/s1. The highest BCUT2D eigenvalue weighted by molar-refractivity contribution is 7.15. The Morgan fingerprint density at radius 3 is 2.48 bits per heavy atom. The van der Waals surface area contributed by atoms with Crippen LogP contribution in [0.1, 0.15) is 86.3 Å². The van der Waals surface area contributed by atoms with Gasteiger partial charge in [-0.2, -0.15) is 0 Å². The predicted molar refractivity (Wildman–Crippen MR) is 156 cm³/mol. The number of nitrogens with one attached hydrogen (secondary N) is 1. The van der Waals surface area contributed by atoms with E-state index in [1.54, 1.807) is 0 Å². The highest BCUT2D eigenvalue weighted by Gasteiger charge is 2.59. The van der Waals surface area contributed by atoms with Crippen LogP contribution in [-0.2, 0) is 21.4 Å². The van der Waals surface area contributed by atoms with Crippen LogP contribution in [0.2, 0.25) is 0 Å². The molecule has 2 aliphatic carbocycles. The number of aromatic nitrogens is 1. The van der Waals surface area contributed by atoms with Crippen molar-refractivity contribution in [3.63, 3.8) is 0 Å². The summed E-state index contributed by atoms with van der Waals surface area (Å²) in [5.41, 5.74) is 1.58. The molecule has 2 heterocycles. The van der Waals surface area contributed by atoms with Gasteiger partial charge in [-0.05, 0) is 53.7 Å². The smallest absolute Gasteiger partial charge is 0.257 e. The molecule has 3 aliphatic rings. The second-order valence-electron chi connectivity index (χ2n) is 13.3. The van der Waals surface area contributed by atoms with Crippen LogP contribution < -0.4 is 5.32 Å². The fourth-order valence-corrected chi connectivity index (χ4v) is 8.17. The number of ether oxygens (including phenoxy) is 1. The lowest BCUT2D eigenvalue weighted by Gasteiger charge is -2.58. The van der Waals surface area contributed by atoms with Crippen LogP contribution in [0.3, 0.4) is 0 Å². The van der Waals surface area contributed by atoms with Crippen molar-refractivity contribution >= 4 is 28.3 Å². The first-order valence-corrected chi connectivity index (χ1v) is 15.2. The second kappa shape index (κ2) is 10.8. The van der Waals surface area contributed by atoms with Gasteiger partial charge in [-0.25, -0.2) is 4.98 Å². The average molecular weight is 570 g/mol. The Morgan fingerprint density at radius 2 is 1.85 bits per heavy atom. The molecule has 2 fully saturated rings. The van der Waals surface area contributed by atoms with E-state index >= 15 is 0 Å². The third-order valence-electron chi connectivity index (χ3n) is 9.87. The molecule has 1 aliphatic heterocycles. The van der Waals surface area contributed by atoms with Crippen molar-refractivity contribution in [2.45, 2.75) is 77.7 Å². The number of benzene rings is 1. The molecule has 0 bridgehead atoms. The summed E-state index contributed by atoms with van der Waals surface area (Å²) in [4.78, 5) is 34.6. The maximum absolute atomic E-state index is 13.5. The fraction of sp³-hybridized carbons (Fsp3) is 0.645. The number of aliphatic hydroxyl groups excluding tert-OH is 2. The molecular weight excluding hydrogens is 526 g/mol. The summed E-state index contributed by atoms with van der Waals surface area (Å²) in [5.74, 6) is -0.345.